The van der Waals surface area contributed by atoms with Crippen molar-refractivity contribution in [3.63, 3.8) is 0 Å². The maximum atomic E-state index is 13.0. The number of hydrogen-bond donors (Lipinski definition) is 4. The SMILES string of the molecule is Cc1ccc(NS(=O)(=O)c2ccc(Cl)cc2)c(=O)n1C(C(N)=O)C(C)ON=C(N)N. The second-order valence-corrected chi connectivity index (χ2v) is 8.42. The highest BCUT2D eigenvalue weighted by Crippen LogP contribution is 2.20. The van der Waals surface area contributed by atoms with E-state index in [0.29, 0.717) is 10.7 Å². The highest BCUT2D eigenvalue weighted by atomic mass is 35.5. The summed E-state index contributed by atoms with van der Waals surface area (Å²) in [5.74, 6) is -1.30. The Labute approximate surface area is 177 Å². The van der Waals surface area contributed by atoms with Gasteiger partial charge in [0.15, 0.2) is 12.1 Å². The molecule has 1 aromatic heterocycles. The van der Waals surface area contributed by atoms with Gasteiger partial charge >= 0.3 is 0 Å². The number of guanidine groups is 1. The molecule has 2 unspecified atom stereocenters. The molecule has 1 amide bonds. The van der Waals surface area contributed by atoms with Crippen molar-refractivity contribution in [1.82, 2.24) is 4.57 Å². The lowest BCUT2D eigenvalue weighted by molar-refractivity contribution is -0.125. The normalized spacial score (nSPS) is 13.2. The Bertz CT molecular complexity index is 1130. The average molecular weight is 457 g/mol. The van der Waals surface area contributed by atoms with Crippen LogP contribution in [0.15, 0.2) is 51.2 Å². The summed E-state index contributed by atoms with van der Waals surface area (Å²) in [6.07, 6.45) is -1.04. The Morgan fingerprint density at radius 2 is 1.77 bits per heavy atom. The number of anilines is 1. The summed E-state index contributed by atoms with van der Waals surface area (Å²) in [7, 11) is -4.09. The van der Waals surface area contributed by atoms with Gasteiger partial charge in [0.2, 0.25) is 11.9 Å². The predicted molar refractivity (Wildman–Crippen MR) is 112 cm³/mol. The van der Waals surface area contributed by atoms with Crippen LogP contribution in [0.25, 0.3) is 0 Å². The summed E-state index contributed by atoms with van der Waals surface area (Å²) >= 11 is 5.78. The average Bonchev–Trinajstić information content (AvgIpc) is 2.65. The van der Waals surface area contributed by atoms with E-state index >= 15 is 0 Å². The van der Waals surface area contributed by atoms with Crippen LogP contribution in [0.1, 0.15) is 18.7 Å². The molecule has 2 aromatic rings. The van der Waals surface area contributed by atoms with Gasteiger partial charge in [0.25, 0.3) is 15.6 Å². The van der Waals surface area contributed by atoms with E-state index in [9.17, 15) is 18.0 Å². The van der Waals surface area contributed by atoms with Crippen molar-refractivity contribution in [2.24, 2.45) is 22.4 Å². The number of halogens is 1. The van der Waals surface area contributed by atoms with Gasteiger partial charge in [-0.15, -0.1) is 0 Å². The molecular formula is C17H21ClN6O5S. The molecule has 1 heterocycles. The Morgan fingerprint density at radius 1 is 1.17 bits per heavy atom. The number of aromatic nitrogens is 1. The molecule has 0 saturated carbocycles. The number of oxime groups is 1. The standard InChI is InChI=1S/C17H21ClN6O5S/c1-9-3-8-13(23-30(27,28)12-6-4-11(18)5-7-12)16(26)24(9)14(15(19)25)10(2)29-22-17(20)21/h3-8,10,14,23H,1-2H3,(H2,19,25)(H4,20,21,22). The monoisotopic (exact) mass is 456 g/mol. The fourth-order valence-corrected chi connectivity index (χ4v) is 3.84. The molecule has 0 aliphatic heterocycles. The van der Waals surface area contributed by atoms with Gasteiger partial charge in [-0.05, 0) is 55.4 Å². The fraction of sp³-hybridized carbons (Fsp3) is 0.235. The Hall–Kier alpha value is -3.25. The highest BCUT2D eigenvalue weighted by Gasteiger charge is 2.30. The lowest BCUT2D eigenvalue weighted by atomic mass is 10.1. The van der Waals surface area contributed by atoms with E-state index in [-0.39, 0.29) is 10.6 Å². The minimum Gasteiger partial charge on any atom is -0.387 e. The van der Waals surface area contributed by atoms with Gasteiger partial charge in [-0.25, -0.2) is 8.42 Å². The first-order valence-electron chi connectivity index (χ1n) is 8.48. The van der Waals surface area contributed by atoms with Gasteiger partial charge in [-0.2, -0.15) is 0 Å². The fourth-order valence-electron chi connectivity index (χ4n) is 2.66. The summed E-state index contributed by atoms with van der Waals surface area (Å²) in [6.45, 7) is 2.97. The molecule has 0 radical (unpaired) electrons. The quantitative estimate of drug-likeness (QED) is 0.248. The van der Waals surface area contributed by atoms with Crippen LogP contribution in [0.4, 0.5) is 5.69 Å². The van der Waals surface area contributed by atoms with Crippen molar-refractivity contribution in [1.29, 1.82) is 0 Å². The van der Waals surface area contributed by atoms with Crippen LogP contribution in [0.5, 0.6) is 0 Å². The van der Waals surface area contributed by atoms with Gasteiger partial charge in [-0.3, -0.25) is 18.9 Å². The third kappa shape index (κ3) is 5.21. The Kier molecular flexibility index (Phi) is 6.95. The number of amides is 1. The smallest absolute Gasteiger partial charge is 0.275 e. The van der Waals surface area contributed by atoms with Crippen LogP contribution < -0.4 is 27.5 Å². The van der Waals surface area contributed by atoms with Gasteiger partial charge in [0.1, 0.15) is 5.69 Å². The molecule has 0 bridgehead atoms. The zero-order valence-corrected chi connectivity index (χ0v) is 17.6. The Morgan fingerprint density at radius 3 is 2.30 bits per heavy atom. The van der Waals surface area contributed by atoms with E-state index in [1.165, 1.54) is 43.3 Å². The third-order valence-corrected chi connectivity index (χ3v) is 5.66. The van der Waals surface area contributed by atoms with Gasteiger partial charge in [0, 0.05) is 10.7 Å². The van der Waals surface area contributed by atoms with Crippen LogP contribution >= 0.6 is 11.6 Å². The van der Waals surface area contributed by atoms with E-state index < -0.39 is 39.6 Å². The first-order chi connectivity index (χ1) is 13.9. The number of aryl methyl sites for hydroxylation is 1. The molecular weight excluding hydrogens is 436 g/mol. The molecule has 30 heavy (non-hydrogen) atoms. The zero-order chi connectivity index (χ0) is 22.6. The molecule has 7 N–H and O–H groups in total. The number of primary amides is 1. The molecule has 2 rings (SSSR count). The number of nitrogens with one attached hydrogen (secondary N) is 1. The number of pyridine rings is 1. The number of nitrogens with zero attached hydrogens (tertiary/aromatic N) is 2. The van der Waals surface area contributed by atoms with E-state index in [1.807, 2.05) is 0 Å². The first-order valence-corrected chi connectivity index (χ1v) is 10.3. The third-order valence-electron chi connectivity index (χ3n) is 4.03. The van der Waals surface area contributed by atoms with Crippen molar-refractivity contribution in [2.75, 3.05) is 4.72 Å². The van der Waals surface area contributed by atoms with Crippen molar-refractivity contribution in [2.45, 2.75) is 30.9 Å². The number of nitrogens with two attached hydrogens (primary N) is 3. The molecule has 1 aromatic carbocycles. The van der Waals surface area contributed by atoms with Gasteiger partial charge in [-0.1, -0.05) is 11.6 Å². The lowest BCUT2D eigenvalue weighted by Gasteiger charge is -2.24. The topological polar surface area (TPSA) is 185 Å². The minimum absolute atomic E-state index is 0.102. The van der Waals surface area contributed by atoms with Crippen molar-refractivity contribution in [3.05, 3.63) is 57.5 Å². The molecule has 0 saturated heterocycles. The van der Waals surface area contributed by atoms with Crippen LogP contribution in [-0.4, -0.2) is 31.0 Å². The second-order valence-electron chi connectivity index (χ2n) is 6.30. The predicted octanol–water partition coefficient (Wildman–Crippen LogP) is 0.231. The van der Waals surface area contributed by atoms with Crippen molar-refractivity contribution >= 4 is 39.2 Å². The summed E-state index contributed by atoms with van der Waals surface area (Å²) in [6, 6.07) is 6.78. The van der Waals surface area contributed by atoms with Crippen LogP contribution in [-0.2, 0) is 19.7 Å². The summed E-state index contributed by atoms with van der Waals surface area (Å²) in [5, 5.41) is 3.72. The van der Waals surface area contributed by atoms with E-state index in [1.54, 1.807) is 6.92 Å². The number of carbonyl (C=O) groups is 1. The molecule has 0 aliphatic rings. The maximum Gasteiger partial charge on any atom is 0.275 e. The number of sulfonamides is 1. The van der Waals surface area contributed by atoms with E-state index in [2.05, 4.69) is 9.88 Å². The number of carbonyl (C=O) groups excluding carboxylic acids is 1. The number of benzene rings is 1. The summed E-state index contributed by atoms with van der Waals surface area (Å²) in [4.78, 5) is 30.0. The number of hydrogen-bond acceptors (Lipinski definition) is 6. The second kappa shape index (κ2) is 9.05. The Balaban J connectivity index is 2.50. The lowest BCUT2D eigenvalue weighted by Crippen LogP contribution is -2.42. The van der Waals surface area contributed by atoms with Crippen molar-refractivity contribution in [3.8, 4) is 0 Å². The van der Waals surface area contributed by atoms with Gasteiger partial charge in [0.05, 0.1) is 4.90 Å². The molecule has 0 aliphatic carbocycles. The molecule has 0 fully saturated rings. The van der Waals surface area contributed by atoms with Crippen LogP contribution in [0.2, 0.25) is 5.02 Å². The minimum atomic E-state index is -4.09. The molecule has 11 nitrogen and oxygen atoms in total. The highest BCUT2D eigenvalue weighted by molar-refractivity contribution is 7.92. The van der Waals surface area contributed by atoms with E-state index in [4.69, 9.17) is 33.6 Å². The summed E-state index contributed by atoms with van der Waals surface area (Å²) in [5.41, 5.74) is 15.1. The molecule has 162 valence electrons. The van der Waals surface area contributed by atoms with Crippen LogP contribution in [0.3, 0.4) is 0 Å². The summed E-state index contributed by atoms with van der Waals surface area (Å²) < 4.78 is 28.4. The first kappa shape index (κ1) is 23.0. The molecule has 2 atom stereocenters. The largest absolute Gasteiger partial charge is 0.387 e. The van der Waals surface area contributed by atoms with Gasteiger partial charge < -0.3 is 22.0 Å². The number of rotatable bonds is 8. The van der Waals surface area contributed by atoms with Crippen LogP contribution in [0, 0.1) is 6.92 Å². The zero-order valence-electron chi connectivity index (χ0n) is 16.1. The molecule has 13 heteroatoms. The molecule has 0 spiro atoms. The maximum absolute atomic E-state index is 13.0. The van der Waals surface area contributed by atoms with E-state index in [0.717, 1.165) is 4.57 Å². The van der Waals surface area contributed by atoms with Crippen molar-refractivity contribution < 1.29 is 18.0 Å².